The van der Waals surface area contributed by atoms with Gasteiger partial charge < -0.3 is 0 Å². The Morgan fingerprint density at radius 3 is 1.41 bits per heavy atom. The first-order valence-electron chi connectivity index (χ1n) is 7.99. The van der Waals surface area contributed by atoms with Crippen LogP contribution in [-0.2, 0) is 0 Å². The van der Waals surface area contributed by atoms with E-state index in [1.54, 1.807) is 8.87 Å². The van der Waals surface area contributed by atoms with Gasteiger partial charge in [-0.25, -0.2) is 0 Å². The van der Waals surface area contributed by atoms with E-state index in [2.05, 4.69) is 27.7 Å². The van der Waals surface area contributed by atoms with Gasteiger partial charge in [0.25, 0.3) is 0 Å². The number of rotatable bonds is 12. The molecule has 0 spiro atoms. The van der Waals surface area contributed by atoms with Crippen LogP contribution in [0.3, 0.4) is 0 Å². The molecule has 0 aromatic heterocycles. The quantitative estimate of drug-likeness (QED) is 0.383. The van der Waals surface area contributed by atoms with E-state index in [9.17, 15) is 0 Å². The molecule has 0 aliphatic carbocycles. The van der Waals surface area contributed by atoms with E-state index >= 15 is 0 Å². The number of unbranched alkanes of at least 4 members (excludes halogenated alkanes) is 2. The molecular formula is C16H34Sn+. The molecule has 0 fully saturated rings. The average Bonchev–Trinajstić information content (AvgIpc) is 2.37. The second kappa shape index (κ2) is 13.2. The second-order valence-electron chi connectivity index (χ2n) is 5.49. The summed E-state index contributed by atoms with van der Waals surface area (Å²) in [5.74, 6) is 2.18. The van der Waals surface area contributed by atoms with Gasteiger partial charge in [0.2, 0.25) is 0 Å². The maximum atomic E-state index is 2.40. The van der Waals surface area contributed by atoms with Crippen LogP contribution in [0.1, 0.15) is 79.1 Å². The third-order valence-electron chi connectivity index (χ3n) is 3.95. The Kier molecular flexibility index (Phi) is 13.9. The van der Waals surface area contributed by atoms with Crippen molar-refractivity contribution in [1.29, 1.82) is 0 Å². The van der Waals surface area contributed by atoms with Crippen LogP contribution in [0.15, 0.2) is 0 Å². The number of hydrogen-bond donors (Lipinski definition) is 0. The van der Waals surface area contributed by atoms with Gasteiger partial charge in [0, 0.05) is 0 Å². The monoisotopic (exact) mass is 346 g/mol. The van der Waals surface area contributed by atoms with E-state index in [4.69, 9.17) is 0 Å². The van der Waals surface area contributed by atoms with Gasteiger partial charge in [0.1, 0.15) is 0 Å². The molecule has 0 aliphatic rings. The molecule has 0 aromatic rings. The summed E-state index contributed by atoms with van der Waals surface area (Å²) in [5.41, 5.74) is 0. The summed E-state index contributed by atoms with van der Waals surface area (Å²) in [6, 6.07) is 0. The van der Waals surface area contributed by atoms with Crippen LogP contribution in [0.25, 0.3) is 0 Å². The third-order valence-corrected chi connectivity index (χ3v) is 8.90. The summed E-state index contributed by atoms with van der Waals surface area (Å²) in [4.78, 5) is 0. The molecule has 0 nitrogen and oxygen atoms in total. The van der Waals surface area contributed by atoms with Crippen molar-refractivity contribution in [2.75, 3.05) is 0 Å². The van der Waals surface area contributed by atoms with Crippen molar-refractivity contribution in [3.8, 4) is 0 Å². The minimum atomic E-state index is -0.0388. The zero-order chi connectivity index (χ0) is 12.9. The first-order valence-corrected chi connectivity index (χ1v) is 12.0. The number of hydrogen-bond acceptors (Lipinski definition) is 0. The van der Waals surface area contributed by atoms with Crippen LogP contribution >= 0.6 is 0 Å². The summed E-state index contributed by atoms with van der Waals surface area (Å²) in [5, 5.41) is 0. The zero-order valence-electron chi connectivity index (χ0n) is 12.7. The van der Waals surface area contributed by atoms with Gasteiger partial charge in [-0.2, -0.15) is 0 Å². The van der Waals surface area contributed by atoms with Crippen LogP contribution < -0.4 is 0 Å². The van der Waals surface area contributed by atoms with Gasteiger partial charge in [0.15, 0.2) is 0 Å². The molecule has 2 unspecified atom stereocenters. The maximum absolute atomic E-state index is 2.40. The first kappa shape index (κ1) is 17.8. The zero-order valence-corrected chi connectivity index (χ0v) is 15.6. The molecule has 0 aromatic carbocycles. The van der Waals surface area contributed by atoms with Crippen LogP contribution in [-0.4, -0.2) is 21.1 Å². The normalized spacial score (nSPS) is 14.6. The second-order valence-corrected chi connectivity index (χ2v) is 9.25. The fraction of sp³-hybridized carbons (Fsp3) is 1.00. The van der Waals surface area contributed by atoms with Crippen LogP contribution in [0.5, 0.6) is 0 Å². The molecule has 101 valence electrons. The van der Waals surface area contributed by atoms with E-state index in [0.717, 1.165) is 11.8 Å². The molecule has 0 saturated heterocycles. The molecule has 2 atom stereocenters. The van der Waals surface area contributed by atoms with E-state index in [1.807, 2.05) is 0 Å². The summed E-state index contributed by atoms with van der Waals surface area (Å²) in [6.45, 7) is 9.44. The molecule has 1 radical (unpaired) electrons. The first-order chi connectivity index (χ1) is 8.28. The molecule has 1 heteroatoms. The Balaban J connectivity index is 3.61. The van der Waals surface area contributed by atoms with E-state index < -0.39 is 0 Å². The van der Waals surface area contributed by atoms with Crippen LogP contribution in [0, 0.1) is 11.8 Å². The van der Waals surface area contributed by atoms with E-state index in [-0.39, 0.29) is 21.1 Å². The molecule has 0 saturated carbocycles. The van der Waals surface area contributed by atoms with Gasteiger partial charge in [-0.05, 0) is 0 Å². The van der Waals surface area contributed by atoms with Gasteiger partial charge in [0.05, 0.1) is 0 Å². The van der Waals surface area contributed by atoms with Gasteiger partial charge >= 0.3 is 121 Å². The van der Waals surface area contributed by atoms with Gasteiger partial charge in [-0.3, -0.25) is 0 Å². The SMILES string of the molecule is CCCCC(CC)[CH2][Sn+][CH2]C(CC)CCCC. The fourth-order valence-electron chi connectivity index (χ4n) is 2.38. The third kappa shape index (κ3) is 10.4. The minimum absolute atomic E-state index is 0.0388. The standard InChI is InChI=1S/2C8H17.Sn/c2*1-4-6-7-8(3)5-2;/h2*8H,3-7H2,1-2H3;/q;;+1. The van der Waals surface area contributed by atoms with Gasteiger partial charge in [-0.15, -0.1) is 0 Å². The van der Waals surface area contributed by atoms with Crippen molar-refractivity contribution in [2.45, 2.75) is 87.9 Å². The molecule has 0 heterocycles. The van der Waals surface area contributed by atoms with Crippen LogP contribution in [0.2, 0.25) is 8.87 Å². The summed E-state index contributed by atoms with van der Waals surface area (Å²) in [7, 11) is 0. The van der Waals surface area contributed by atoms with Crippen molar-refractivity contribution < 1.29 is 0 Å². The van der Waals surface area contributed by atoms with Crippen molar-refractivity contribution in [2.24, 2.45) is 11.8 Å². The van der Waals surface area contributed by atoms with Crippen molar-refractivity contribution in [3.05, 3.63) is 0 Å². The van der Waals surface area contributed by atoms with Crippen molar-refractivity contribution in [3.63, 3.8) is 0 Å². The van der Waals surface area contributed by atoms with E-state index in [1.165, 1.54) is 51.4 Å². The van der Waals surface area contributed by atoms with Crippen molar-refractivity contribution in [1.82, 2.24) is 0 Å². The topological polar surface area (TPSA) is 0 Å². The summed E-state index contributed by atoms with van der Waals surface area (Å²) in [6.07, 6.45) is 11.6. The molecule has 17 heavy (non-hydrogen) atoms. The molecule has 0 amide bonds. The molecular weight excluding hydrogens is 311 g/mol. The van der Waals surface area contributed by atoms with E-state index in [0.29, 0.717) is 0 Å². The molecule has 0 aliphatic heterocycles. The molecule has 0 bridgehead atoms. The van der Waals surface area contributed by atoms with Gasteiger partial charge in [-0.1, -0.05) is 0 Å². The Bertz CT molecular complexity index is 128. The fourth-order valence-corrected chi connectivity index (χ4v) is 8.00. The summed E-state index contributed by atoms with van der Waals surface area (Å²) >= 11 is -0.0388. The Morgan fingerprint density at radius 1 is 0.706 bits per heavy atom. The molecule has 0 N–H and O–H groups in total. The Hall–Kier alpha value is 0.799. The summed E-state index contributed by atoms with van der Waals surface area (Å²) < 4.78 is 3.31. The Labute approximate surface area is 121 Å². The predicted molar refractivity (Wildman–Crippen MR) is 82.0 cm³/mol. The Morgan fingerprint density at radius 2 is 1.12 bits per heavy atom. The van der Waals surface area contributed by atoms with Crippen molar-refractivity contribution >= 4 is 21.1 Å². The predicted octanol–water partition coefficient (Wildman–Crippen LogP) is 5.96. The average molecular weight is 345 g/mol. The molecule has 0 rings (SSSR count). The van der Waals surface area contributed by atoms with Crippen LogP contribution in [0.4, 0.5) is 0 Å².